The van der Waals surface area contributed by atoms with Crippen LogP contribution in [0.2, 0.25) is 5.02 Å². The van der Waals surface area contributed by atoms with Crippen LogP contribution in [0.3, 0.4) is 0 Å². The Balaban J connectivity index is 1.53. The van der Waals surface area contributed by atoms with Crippen molar-refractivity contribution in [1.29, 1.82) is 0 Å². The van der Waals surface area contributed by atoms with E-state index in [1.807, 2.05) is 13.8 Å². The minimum atomic E-state index is -4.18. The summed E-state index contributed by atoms with van der Waals surface area (Å²) in [5.41, 5.74) is 1.01. The van der Waals surface area contributed by atoms with Crippen LogP contribution in [0.4, 0.5) is 0 Å². The molecule has 0 radical (unpaired) electrons. The van der Waals surface area contributed by atoms with Crippen LogP contribution in [0, 0.1) is 12.8 Å². The molecule has 1 fully saturated rings. The monoisotopic (exact) mass is 620 g/mol. The molecule has 226 valence electrons. The number of carbonyl (C=O) groups excluding carboxylic acids is 1. The highest BCUT2D eigenvalue weighted by molar-refractivity contribution is 7.52. The zero-order valence-corrected chi connectivity index (χ0v) is 25.6. The number of hydrogen-bond donors (Lipinski definition) is 2. The number of pyridine rings is 1. The van der Waals surface area contributed by atoms with Crippen LogP contribution in [-0.4, -0.2) is 45.4 Å². The third-order valence-corrected chi connectivity index (χ3v) is 8.45. The SMILES string of the molecule is Cc1cc(OP(=O)(N[C@@H](C)C(=O)OC(C)C)OC[C@@H]2C[C@H](C)[C@H](n3ccc(=O)[nH]c3=O)O2)ccc1-c1ncccc1Cl. The minimum Gasteiger partial charge on any atom is -0.462 e. The Morgan fingerprint density at radius 2 is 2.02 bits per heavy atom. The van der Waals surface area contributed by atoms with E-state index in [9.17, 15) is 18.9 Å². The lowest BCUT2D eigenvalue weighted by Gasteiger charge is -2.25. The molecule has 2 N–H and O–H groups in total. The first-order chi connectivity index (χ1) is 19.8. The minimum absolute atomic E-state index is 0.121. The number of aryl methyl sites for hydroxylation is 1. The lowest BCUT2D eigenvalue weighted by molar-refractivity contribution is -0.149. The Hall–Kier alpha value is -3.28. The van der Waals surface area contributed by atoms with Gasteiger partial charge in [0.05, 0.1) is 29.5 Å². The Bertz CT molecular complexity index is 1590. The molecule has 4 rings (SSSR count). The van der Waals surface area contributed by atoms with Crippen molar-refractivity contribution in [2.24, 2.45) is 5.92 Å². The number of hydrogen-bond acceptors (Lipinski definition) is 9. The normalized spacial score (nSPS) is 20.7. The highest BCUT2D eigenvalue weighted by Crippen LogP contribution is 2.47. The molecule has 0 spiro atoms. The summed E-state index contributed by atoms with van der Waals surface area (Å²) in [6, 6.07) is 8.70. The molecular weight excluding hydrogens is 587 g/mol. The number of esters is 1. The number of nitrogens with zero attached hydrogens (tertiary/aromatic N) is 2. The molecule has 14 heteroatoms. The van der Waals surface area contributed by atoms with E-state index in [4.69, 9.17) is 30.1 Å². The van der Waals surface area contributed by atoms with Gasteiger partial charge in [-0.1, -0.05) is 18.5 Å². The summed E-state index contributed by atoms with van der Waals surface area (Å²) in [6.07, 6.45) is 1.88. The van der Waals surface area contributed by atoms with Crippen molar-refractivity contribution in [1.82, 2.24) is 19.6 Å². The van der Waals surface area contributed by atoms with Gasteiger partial charge in [-0.2, -0.15) is 5.09 Å². The van der Waals surface area contributed by atoms with E-state index in [1.165, 1.54) is 23.8 Å². The Morgan fingerprint density at radius 1 is 1.26 bits per heavy atom. The maximum absolute atomic E-state index is 14.0. The molecule has 0 aliphatic carbocycles. The zero-order chi connectivity index (χ0) is 30.6. The zero-order valence-electron chi connectivity index (χ0n) is 23.9. The summed E-state index contributed by atoms with van der Waals surface area (Å²) in [5.74, 6) is -0.525. The van der Waals surface area contributed by atoms with E-state index in [0.717, 1.165) is 11.1 Å². The van der Waals surface area contributed by atoms with Gasteiger partial charge in [0.25, 0.3) is 5.56 Å². The Labute approximate surface area is 247 Å². The molecule has 1 unspecified atom stereocenters. The molecule has 12 nitrogen and oxygen atoms in total. The van der Waals surface area contributed by atoms with Crippen molar-refractivity contribution in [3.05, 3.63) is 80.2 Å². The number of carbonyl (C=O) groups is 1. The van der Waals surface area contributed by atoms with Gasteiger partial charge < -0.3 is 14.0 Å². The molecule has 3 aromatic rings. The molecule has 0 bridgehead atoms. The summed E-state index contributed by atoms with van der Waals surface area (Å²) in [5, 5.41) is 3.15. The first-order valence-corrected chi connectivity index (χ1v) is 15.4. The molecular formula is C28H34ClN4O8P. The second-order valence-electron chi connectivity index (χ2n) is 10.4. The quantitative estimate of drug-likeness (QED) is 0.230. The van der Waals surface area contributed by atoms with Crippen molar-refractivity contribution < 1.29 is 27.9 Å². The van der Waals surface area contributed by atoms with Crippen LogP contribution in [0.1, 0.15) is 45.9 Å². The van der Waals surface area contributed by atoms with Gasteiger partial charge in [0.15, 0.2) is 0 Å². The van der Waals surface area contributed by atoms with Gasteiger partial charge in [-0.25, -0.2) is 9.36 Å². The maximum atomic E-state index is 14.0. The number of nitrogens with one attached hydrogen (secondary N) is 2. The largest absolute Gasteiger partial charge is 0.462 e. The first-order valence-electron chi connectivity index (χ1n) is 13.5. The van der Waals surface area contributed by atoms with Gasteiger partial charge in [-0.05, 0) is 70.0 Å². The predicted octanol–water partition coefficient (Wildman–Crippen LogP) is 4.62. The molecule has 1 aromatic carbocycles. The van der Waals surface area contributed by atoms with Gasteiger partial charge in [0, 0.05) is 29.9 Å². The van der Waals surface area contributed by atoms with Crippen LogP contribution in [0.25, 0.3) is 11.3 Å². The standard InChI is InChI=1S/C28H34ClN4O8P/c1-16(2)39-27(35)19(5)32-42(37,41-20-8-9-22(17(3)13-20)25-23(29)7-6-11-30-25)38-15-21-14-18(4)26(40-21)33-12-10-24(34)31-28(33)36/h6-13,16,18-19,21,26H,14-15H2,1-5H3,(H,32,37)(H,31,34,36)/t18-,19-,21-,26+,42?/m0/s1. The van der Waals surface area contributed by atoms with Crippen molar-refractivity contribution in [2.45, 2.75) is 65.5 Å². The van der Waals surface area contributed by atoms with Crippen LogP contribution in [0.5, 0.6) is 5.75 Å². The van der Waals surface area contributed by atoms with Crippen LogP contribution >= 0.6 is 19.3 Å². The van der Waals surface area contributed by atoms with Gasteiger partial charge in [0.2, 0.25) is 0 Å². The fraction of sp³-hybridized carbons (Fsp3) is 0.429. The number of benzene rings is 1. The predicted molar refractivity (Wildman–Crippen MR) is 156 cm³/mol. The Kier molecular flexibility index (Phi) is 10.1. The molecule has 5 atom stereocenters. The van der Waals surface area contributed by atoms with E-state index < -0.39 is 43.3 Å². The summed E-state index contributed by atoms with van der Waals surface area (Å²) in [4.78, 5) is 42.8. The van der Waals surface area contributed by atoms with Gasteiger partial charge in [0.1, 0.15) is 18.0 Å². The van der Waals surface area contributed by atoms with Gasteiger partial charge in [-0.15, -0.1) is 0 Å². The molecule has 0 amide bonds. The molecule has 1 aliphatic heterocycles. The lowest BCUT2D eigenvalue weighted by Crippen LogP contribution is -2.36. The molecule has 0 saturated carbocycles. The van der Waals surface area contributed by atoms with Crippen molar-refractivity contribution in [2.75, 3.05) is 6.61 Å². The molecule has 3 heterocycles. The third-order valence-electron chi connectivity index (χ3n) is 6.50. The average molecular weight is 621 g/mol. The number of halogens is 1. The summed E-state index contributed by atoms with van der Waals surface area (Å²) >= 11 is 6.32. The number of rotatable bonds is 11. The summed E-state index contributed by atoms with van der Waals surface area (Å²) < 4.78 is 38.3. The number of aromatic nitrogens is 3. The second kappa shape index (κ2) is 13.4. The van der Waals surface area contributed by atoms with E-state index in [0.29, 0.717) is 17.1 Å². The number of ether oxygens (including phenoxy) is 2. The topological polar surface area (TPSA) is 151 Å². The van der Waals surface area contributed by atoms with Crippen LogP contribution < -0.4 is 20.9 Å². The fourth-order valence-corrected chi connectivity index (χ4v) is 6.31. The smallest absolute Gasteiger partial charge is 0.459 e. The van der Waals surface area contributed by atoms with E-state index in [-0.39, 0.29) is 24.4 Å². The molecule has 42 heavy (non-hydrogen) atoms. The van der Waals surface area contributed by atoms with Crippen molar-refractivity contribution >= 4 is 25.3 Å². The number of H-pyrrole nitrogens is 1. The van der Waals surface area contributed by atoms with E-state index in [2.05, 4.69) is 15.1 Å². The lowest BCUT2D eigenvalue weighted by atomic mass is 10.0. The van der Waals surface area contributed by atoms with Crippen molar-refractivity contribution in [3.8, 4) is 17.0 Å². The maximum Gasteiger partial charge on any atom is 0.459 e. The van der Waals surface area contributed by atoms with E-state index >= 15 is 0 Å². The van der Waals surface area contributed by atoms with Crippen LogP contribution in [0.15, 0.2) is 58.4 Å². The first kappa shape index (κ1) is 31.7. The van der Waals surface area contributed by atoms with Gasteiger partial charge >= 0.3 is 19.4 Å². The highest BCUT2D eigenvalue weighted by atomic mass is 35.5. The fourth-order valence-electron chi connectivity index (χ4n) is 4.57. The molecule has 1 saturated heterocycles. The molecule has 2 aromatic heterocycles. The molecule has 1 aliphatic rings. The number of aromatic amines is 1. The summed E-state index contributed by atoms with van der Waals surface area (Å²) in [7, 11) is -4.18. The third kappa shape index (κ3) is 7.76. The average Bonchev–Trinajstić information content (AvgIpc) is 3.28. The van der Waals surface area contributed by atoms with Gasteiger partial charge in [-0.3, -0.25) is 28.6 Å². The van der Waals surface area contributed by atoms with Crippen molar-refractivity contribution in [3.63, 3.8) is 0 Å². The summed E-state index contributed by atoms with van der Waals surface area (Å²) in [6.45, 7) is 8.46. The highest BCUT2D eigenvalue weighted by Gasteiger charge is 2.38. The van der Waals surface area contributed by atoms with E-state index in [1.54, 1.807) is 50.4 Å². The Morgan fingerprint density at radius 3 is 2.69 bits per heavy atom. The van der Waals surface area contributed by atoms with Crippen LogP contribution in [-0.2, 0) is 23.4 Å². The second-order valence-corrected chi connectivity index (χ2v) is 12.5.